The van der Waals surface area contributed by atoms with E-state index < -0.39 is 4.87 Å². The zero-order chi connectivity index (χ0) is 14.3. The molecule has 1 amide bonds. The molecule has 1 atom stereocenters. The van der Waals surface area contributed by atoms with Crippen molar-refractivity contribution in [2.24, 2.45) is 0 Å². The van der Waals surface area contributed by atoms with Gasteiger partial charge in [0.15, 0.2) is 4.87 Å². The van der Waals surface area contributed by atoms with Crippen LogP contribution in [0.25, 0.3) is 0 Å². The van der Waals surface area contributed by atoms with Gasteiger partial charge >= 0.3 is 0 Å². The molecule has 3 nitrogen and oxygen atoms in total. The molecule has 0 radical (unpaired) electrons. The van der Waals surface area contributed by atoms with E-state index in [-0.39, 0.29) is 5.91 Å². The smallest absolute Gasteiger partial charge is 0.254 e. The van der Waals surface area contributed by atoms with Gasteiger partial charge in [-0.1, -0.05) is 47.5 Å². The molecular formula is C16H14ClNO2. The average Bonchev–Trinajstić information content (AvgIpc) is 2.72. The molecule has 2 aromatic rings. The fourth-order valence-corrected chi connectivity index (χ4v) is 2.94. The zero-order valence-corrected chi connectivity index (χ0v) is 12.0. The van der Waals surface area contributed by atoms with E-state index in [4.69, 9.17) is 16.3 Å². The van der Waals surface area contributed by atoms with Crippen molar-refractivity contribution in [1.82, 2.24) is 0 Å². The van der Waals surface area contributed by atoms with Gasteiger partial charge < -0.3 is 10.1 Å². The van der Waals surface area contributed by atoms with Crippen LogP contribution in [0.3, 0.4) is 0 Å². The Morgan fingerprint density at radius 1 is 1.15 bits per heavy atom. The number of nitrogens with one attached hydrogen (secondary N) is 1. The van der Waals surface area contributed by atoms with Crippen LogP contribution in [0.2, 0.25) is 0 Å². The summed E-state index contributed by atoms with van der Waals surface area (Å²) in [6.45, 7) is 1.97. The number of para-hydroxylation sites is 1. The van der Waals surface area contributed by atoms with Crippen LogP contribution in [-0.2, 0) is 9.67 Å². The first-order chi connectivity index (χ1) is 9.57. The lowest BCUT2D eigenvalue weighted by Gasteiger charge is -2.22. The Labute approximate surface area is 122 Å². The number of alkyl halides is 1. The highest BCUT2D eigenvalue weighted by molar-refractivity contribution is 6.41. The first-order valence-corrected chi connectivity index (χ1v) is 6.70. The Bertz CT molecular complexity index is 699. The van der Waals surface area contributed by atoms with E-state index >= 15 is 0 Å². The molecule has 4 heteroatoms. The summed E-state index contributed by atoms with van der Waals surface area (Å²) in [7, 11) is 1.57. The standard InChI is InChI=1S/C16H14ClNO2/c1-10-7-8-13-12(9-10)16(17,15(19)18-13)11-5-3-4-6-14(11)20-2/h3-9H,1-2H3,(H,18,19). The summed E-state index contributed by atoms with van der Waals surface area (Å²) < 4.78 is 5.35. The lowest BCUT2D eigenvalue weighted by atomic mass is 9.90. The van der Waals surface area contributed by atoms with Crippen LogP contribution in [0.5, 0.6) is 5.75 Å². The van der Waals surface area contributed by atoms with Gasteiger partial charge in [-0.3, -0.25) is 4.79 Å². The minimum atomic E-state index is -1.24. The maximum Gasteiger partial charge on any atom is 0.254 e. The number of hydrogen-bond donors (Lipinski definition) is 1. The molecule has 0 saturated heterocycles. The van der Waals surface area contributed by atoms with Crippen molar-refractivity contribution in [2.75, 3.05) is 12.4 Å². The summed E-state index contributed by atoms with van der Waals surface area (Å²) in [5.74, 6) is 0.358. The predicted octanol–water partition coefficient (Wildman–Crippen LogP) is 3.44. The lowest BCUT2D eigenvalue weighted by Crippen LogP contribution is -2.30. The minimum absolute atomic E-state index is 0.246. The Balaban J connectivity index is 2.27. The molecule has 0 aliphatic carbocycles. The third kappa shape index (κ3) is 1.70. The van der Waals surface area contributed by atoms with E-state index in [9.17, 15) is 4.79 Å². The van der Waals surface area contributed by atoms with Crippen molar-refractivity contribution in [2.45, 2.75) is 11.8 Å². The van der Waals surface area contributed by atoms with Crippen molar-refractivity contribution in [3.8, 4) is 5.75 Å². The number of benzene rings is 2. The first-order valence-electron chi connectivity index (χ1n) is 6.32. The van der Waals surface area contributed by atoms with Crippen LogP contribution in [0.15, 0.2) is 42.5 Å². The molecule has 0 aromatic heterocycles. The van der Waals surface area contributed by atoms with Gasteiger partial charge in [0, 0.05) is 16.8 Å². The van der Waals surface area contributed by atoms with Gasteiger partial charge in [0.1, 0.15) is 5.75 Å². The monoisotopic (exact) mass is 287 g/mol. The van der Waals surface area contributed by atoms with Gasteiger partial charge in [-0.25, -0.2) is 0 Å². The number of aryl methyl sites for hydroxylation is 1. The number of carbonyl (C=O) groups is 1. The van der Waals surface area contributed by atoms with Crippen LogP contribution in [0.4, 0.5) is 5.69 Å². The lowest BCUT2D eigenvalue weighted by molar-refractivity contribution is -0.117. The highest BCUT2D eigenvalue weighted by atomic mass is 35.5. The fourth-order valence-electron chi connectivity index (χ4n) is 2.58. The summed E-state index contributed by atoms with van der Waals surface area (Å²) in [5.41, 5.74) is 3.24. The summed E-state index contributed by atoms with van der Waals surface area (Å²) in [5, 5.41) is 2.84. The number of anilines is 1. The Kier molecular flexibility index (Phi) is 2.94. The third-order valence-corrected chi connectivity index (χ3v) is 4.16. The van der Waals surface area contributed by atoms with E-state index in [2.05, 4.69) is 5.32 Å². The molecule has 1 unspecified atom stereocenters. The fraction of sp³-hybridized carbons (Fsp3) is 0.188. The van der Waals surface area contributed by atoms with E-state index in [0.717, 1.165) is 16.8 Å². The Morgan fingerprint density at radius 3 is 2.65 bits per heavy atom. The van der Waals surface area contributed by atoms with Gasteiger partial charge in [-0.2, -0.15) is 0 Å². The third-order valence-electron chi connectivity index (χ3n) is 3.59. The van der Waals surface area contributed by atoms with Crippen molar-refractivity contribution in [3.05, 3.63) is 59.2 Å². The predicted molar refractivity (Wildman–Crippen MR) is 79.4 cm³/mol. The number of rotatable bonds is 2. The number of halogens is 1. The van der Waals surface area contributed by atoms with Crippen LogP contribution in [0.1, 0.15) is 16.7 Å². The molecule has 1 aliphatic rings. The van der Waals surface area contributed by atoms with E-state index in [1.165, 1.54) is 0 Å². The first kappa shape index (κ1) is 13.0. The van der Waals surface area contributed by atoms with E-state index in [1.54, 1.807) is 13.2 Å². The average molecular weight is 288 g/mol. The van der Waals surface area contributed by atoms with Gasteiger partial charge in [-0.15, -0.1) is 0 Å². The molecule has 0 bridgehead atoms. The Hall–Kier alpha value is -2.00. The van der Waals surface area contributed by atoms with Gasteiger partial charge in [-0.05, 0) is 19.1 Å². The van der Waals surface area contributed by atoms with Crippen LogP contribution < -0.4 is 10.1 Å². The second kappa shape index (κ2) is 4.53. The molecule has 20 heavy (non-hydrogen) atoms. The van der Waals surface area contributed by atoms with Crippen LogP contribution in [-0.4, -0.2) is 13.0 Å². The summed E-state index contributed by atoms with van der Waals surface area (Å²) in [6.07, 6.45) is 0. The molecule has 1 heterocycles. The van der Waals surface area contributed by atoms with Crippen molar-refractivity contribution in [3.63, 3.8) is 0 Å². The summed E-state index contributed by atoms with van der Waals surface area (Å²) in [6, 6.07) is 13.1. The maximum atomic E-state index is 12.4. The molecule has 1 aliphatic heterocycles. The van der Waals surface area contributed by atoms with Gasteiger partial charge in [0.2, 0.25) is 0 Å². The quantitative estimate of drug-likeness (QED) is 0.859. The SMILES string of the molecule is COc1ccccc1C1(Cl)C(=O)Nc2ccc(C)cc21. The maximum absolute atomic E-state index is 12.4. The zero-order valence-electron chi connectivity index (χ0n) is 11.2. The van der Waals surface area contributed by atoms with Crippen molar-refractivity contribution < 1.29 is 9.53 Å². The van der Waals surface area contributed by atoms with Crippen molar-refractivity contribution >= 4 is 23.2 Å². The number of amides is 1. The number of hydrogen-bond acceptors (Lipinski definition) is 2. The molecule has 0 saturated carbocycles. The number of carbonyl (C=O) groups excluding carboxylic acids is 1. The molecule has 0 spiro atoms. The number of fused-ring (bicyclic) bond motifs is 1. The second-order valence-electron chi connectivity index (χ2n) is 4.86. The van der Waals surface area contributed by atoms with E-state index in [0.29, 0.717) is 11.3 Å². The van der Waals surface area contributed by atoms with Gasteiger partial charge in [0.25, 0.3) is 5.91 Å². The van der Waals surface area contributed by atoms with Crippen molar-refractivity contribution in [1.29, 1.82) is 0 Å². The van der Waals surface area contributed by atoms with Crippen LogP contribution >= 0.6 is 11.6 Å². The molecular weight excluding hydrogens is 274 g/mol. The normalized spacial score (nSPS) is 20.4. The summed E-state index contributed by atoms with van der Waals surface area (Å²) >= 11 is 6.74. The molecule has 102 valence electrons. The highest BCUT2D eigenvalue weighted by Gasteiger charge is 2.48. The van der Waals surface area contributed by atoms with Gasteiger partial charge in [0.05, 0.1) is 7.11 Å². The Morgan fingerprint density at radius 2 is 1.90 bits per heavy atom. The topological polar surface area (TPSA) is 38.3 Å². The second-order valence-corrected chi connectivity index (χ2v) is 5.43. The minimum Gasteiger partial charge on any atom is -0.496 e. The van der Waals surface area contributed by atoms with E-state index in [1.807, 2.05) is 43.3 Å². The molecule has 2 aromatic carbocycles. The largest absolute Gasteiger partial charge is 0.496 e. The number of methoxy groups -OCH3 is 1. The van der Waals surface area contributed by atoms with Crippen LogP contribution in [0, 0.1) is 6.92 Å². The highest BCUT2D eigenvalue weighted by Crippen LogP contribution is 2.48. The summed E-state index contributed by atoms with van der Waals surface area (Å²) in [4.78, 5) is 11.2. The number of ether oxygens (including phenoxy) is 1. The molecule has 3 rings (SSSR count). The molecule has 0 fully saturated rings. The molecule has 1 N–H and O–H groups in total.